The van der Waals surface area contributed by atoms with Crippen LogP contribution in [0.3, 0.4) is 0 Å². The molecule has 6 heteroatoms. The maximum absolute atomic E-state index is 12.1. The summed E-state index contributed by atoms with van der Waals surface area (Å²) in [6.07, 6.45) is -3.75. The Morgan fingerprint density at radius 3 is 2.43 bits per heavy atom. The summed E-state index contributed by atoms with van der Waals surface area (Å²) in [5.41, 5.74) is 5.25. The van der Waals surface area contributed by atoms with E-state index in [0.29, 0.717) is 13.0 Å². The summed E-state index contributed by atoms with van der Waals surface area (Å²) in [5, 5.41) is 8.36. The molecule has 0 aromatic carbocycles. The molecule has 0 amide bonds. The van der Waals surface area contributed by atoms with Gasteiger partial charge in [0.15, 0.2) is 5.92 Å². The molecule has 2 nitrogen and oxygen atoms in total. The highest BCUT2D eigenvalue weighted by atomic mass is 32.2. The summed E-state index contributed by atoms with van der Waals surface area (Å²) in [6, 6.07) is 1.26. The van der Waals surface area contributed by atoms with Crippen molar-refractivity contribution in [2.75, 3.05) is 12.3 Å². The second-order valence-corrected chi connectivity index (χ2v) is 4.42. The zero-order valence-electron chi connectivity index (χ0n) is 7.84. The number of hydrogen-bond donors (Lipinski definition) is 1. The molecule has 14 heavy (non-hydrogen) atoms. The largest absolute Gasteiger partial charge is 0.405 e. The van der Waals surface area contributed by atoms with Gasteiger partial charge in [0.1, 0.15) is 0 Å². The molecular weight excluding hydrogens is 213 g/mol. The van der Waals surface area contributed by atoms with Crippen LogP contribution in [0.15, 0.2) is 0 Å². The van der Waals surface area contributed by atoms with Crippen LogP contribution in [-0.2, 0) is 0 Å². The first-order valence-electron chi connectivity index (χ1n) is 4.19. The Morgan fingerprint density at radius 1 is 1.50 bits per heavy atom. The lowest BCUT2D eigenvalue weighted by Gasteiger charge is -2.15. The predicted molar refractivity (Wildman–Crippen MR) is 50.7 cm³/mol. The molecule has 0 saturated heterocycles. The van der Waals surface area contributed by atoms with Gasteiger partial charge in [0.2, 0.25) is 0 Å². The van der Waals surface area contributed by atoms with Crippen LogP contribution >= 0.6 is 11.8 Å². The number of alkyl halides is 3. The summed E-state index contributed by atoms with van der Waals surface area (Å²) >= 11 is 1.14. The van der Waals surface area contributed by atoms with Gasteiger partial charge in [-0.3, -0.25) is 0 Å². The number of rotatable bonds is 5. The van der Waals surface area contributed by atoms with Crippen molar-refractivity contribution in [3.05, 3.63) is 0 Å². The van der Waals surface area contributed by atoms with Crippen molar-refractivity contribution in [2.45, 2.75) is 24.8 Å². The first-order chi connectivity index (χ1) is 6.41. The lowest BCUT2D eigenvalue weighted by atomic mass is 10.2. The monoisotopic (exact) mass is 226 g/mol. The Morgan fingerprint density at radius 2 is 2.07 bits per heavy atom. The van der Waals surface area contributed by atoms with E-state index in [1.54, 1.807) is 0 Å². The van der Waals surface area contributed by atoms with E-state index >= 15 is 0 Å². The maximum atomic E-state index is 12.1. The number of nitrogens with two attached hydrogens (primary N) is 1. The van der Waals surface area contributed by atoms with Crippen LogP contribution in [0, 0.1) is 17.2 Å². The third kappa shape index (κ3) is 5.35. The number of halogens is 3. The second kappa shape index (κ2) is 6.14. The zero-order chi connectivity index (χ0) is 11.2. The number of nitriles is 1. The highest BCUT2D eigenvalue weighted by Gasteiger charge is 2.39. The molecule has 2 N–H and O–H groups in total. The van der Waals surface area contributed by atoms with E-state index in [9.17, 15) is 13.2 Å². The Bertz CT molecular complexity index is 200. The number of hydrogen-bond acceptors (Lipinski definition) is 3. The molecule has 0 aliphatic heterocycles. The van der Waals surface area contributed by atoms with Gasteiger partial charge < -0.3 is 5.73 Å². The molecule has 2 atom stereocenters. The molecule has 0 bridgehead atoms. The van der Waals surface area contributed by atoms with Crippen LogP contribution in [0.1, 0.15) is 13.3 Å². The topological polar surface area (TPSA) is 49.8 Å². The minimum Gasteiger partial charge on any atom is -0.330 e. The van der Waals surface area contributed by atoms with Crippen LogP contribution in [0.25, 0.3) is 0 Å². The summed E-state index contributed by atoms with van der Waals surface area (Å²) in [5.74, 6) is -2.08. The van der Waals surface area contributed by atoms with Crippen molar-refractivity contribution >= 4 is 11.8 Å². The molecule has 0 saturated carbocycles. The lowest BCUT2D eigenvalue weighted by molar-refractivity contribution is -0.152. The van der Waals surface area contributed by atoms with Crippen LogP contribution in [0.2, 0.25) is 0 Å². The van der Waals surface area contributed by atoms with Gasteiger partial charge >= 0.3 is 6.18 Å². The molecule has 0 heterocycles. The quantitative estimate of drug-likeness (QED) is 0.781. The SMILES string of the molecule is CC(CCN)SCC(C#N)C(F)(F)F. The molecule has 0 aliphatic rings. The van der Waals surface area contributed by atoms with E-state index in [-0.39, 0.29) is 11.0 Å². The molecule has 0 spiro atoms. The Hall–Kier alpha value is -0.410. The van der Waals surface area contributed by atoms with E-state index in [1.165, 1.54) is 6.07 Å². The average Bonchev–Trinajstić information content (AvgIpc) is 2.03. The van der Waals surface area contributed by atoms with Gasteiger partial charge in [-0.2, -0.15) is 30.2 Å². The Balaban J connectivity index is 3.92. The molecule has 2 unspecified atom stereocenters. The van der Waals surface area contributed by atoms with E-state index in [1.807, 2.05) is 6.92 Å². The zero-order valence-corrected chi connectivity index (χ0v) is 8.66. The summed E-state index contributed by atoms with van der Waals surface area (Å²) < 4.78 is 36.3. The fourth-order valence-corrected chi connectivity index (χ4v) is 1.87. The third-order valence-electron chi connectivity index (χ3n) is 1.67. The minimum absolute atomic E-state index is 0.0678. The van der Waals surface area contributed by atoms with Crippen molar-refractivity contribution in [3.8, 4) is 6.07 Å². The van der Waals surface area contributed by atoms with Gasteiger partial charge in [-0.05, 0) is 13.0 Å². The van der Waals surface area contributed by atoms with Crippen molar-refractivity contribution in [1.29, 1.82) is 5.26 Å². The molecule has 0 fully saturated rings. The first kappa shape index (κ1) is 13.6. The molecule has 82 valence electrons. The van der Waals surface area contributed by atoms with Gasteiger partial charge in [-0.25, -0.2) is 0 Å². The summed E-state index contributed by atoms with van der Waals surface area (Å²) in [4.78, 5) is 0. The maximum Gasteiger partial charge on any atom is 0.405 e. The van der Waals surface area contributed by atoms with Crippen LogP contribution < -0.4 is 5.73 Å². The van der Waals surface area contributed by atoms with Crippen molar-refractivity contribution in [1.82, 2.24) is 0 Å². The predicted octanol–water partition coefficient (Wildman–Crippen LogP) is 2.16. The molecule has 0 radical (unpaired) electrons. The second-order valence-electron chi connectivity index (χ2n) is 2.94. The van der Waals surface area contributed by atoms with Gasteiger partial charge in [-0.1, -0.05) is 6.92 Å². The van der Waals surface area contributed by atoms with Crippen LogP contribution in [0.4, 0.5) is 13.2 Å². The Labute approximate surface area is 85.6 Å². The first-order valence-corrected chi connectivity index (χ1v) is 5.24. The summed E-state index contributed by atoms with van der Waals surface area (Å²) in [7, 11) is 0. The highest BCUT2D eigenvalue weighted by Crippen LogP contribution is 2.30. The van der Waals surface area contributed by atoms with Gasteiger partial charge in [-0.15, -0.1) is 0 Å². The average molecular weight is 226 g/mol. The lowest BCUT2D eigenvalue weighted by Crippen LogP contribution is -2.24. The Kier molecular flexibility index (Phi) is 5.96. The van der Waals surface area contributed by atoms with E-state index in [2.05, 4.69) is 0 Å². The highest BCUT2D eigenvalue weighted by molar-refractivity contribution is 7.99. The van der Waals surface area contributed by atoms with E-state index < -0.39 is 12.1 Å². The van der Waals surface area contributed by atoms with Crippen LogP contribution in [-0.4, -0.2) is 23.7 Å². The molecule has 0 aromatic rings. The van der Waals surface area contributed by atoms with Crippen molar-refractivity contribution in [2.24, 2.45) is 11.7 Å². The van der Waals surface area contributed by atoms with Gasteiger partial charge in [0.05, 0.1) is 6.07 Å². The smallest absolute Gasteiger partial charge is 0.330 e. The number of nitrogens with zero attached hydrogens (tertiary/aromatic N) is 1. The minimum atomic E-state index is -4.41. The molecule has 0 aromatic heterocycles. The molecule has 0 rings (SSSR count). The molecule has 0 aliphatic carbocycles. The van der Waals surface area contributed by atoms with E-state index in [0.717, 1.165) is 11.8 Å². The number of thioether (sulfide) groups is 1. The van der Waals surface area contributed by atoms with Gasteiger partial charge in [0.25, 0.3) is 0 Å². The normalized spacial score (nSPS) is 16.0. The summed E-state index contributed by atoms with van der Waals surface area (Å²) in [6.45, 7) is 2.26. The van der Waals surface area contributed by atoms with Crippen molar-refractivity contribution in [3.63, 3.8) is 0 Å². The van der Waals surface area contributed by atoms with Crippen molar-refractivity contribution < 1.29 is 13.2 Å². The van der Waals surface area contributed by atoms with E-state index in [4.69, 9.17) is 11.0 Å². The van der Waals surface area contributed by atoms with Crippen LogP contribution in [0.5, 0.6) is 0 Å². The third-order valence-corrected chi connectivity index (χ3v) is 3.00. The fraction of sp³-hybridized carbons (Fsp3) is 0.875. The fourth-order valence-electron chi connectivity index (χ4n) is 0.783. The molecular formula is C8H13F3N2S. The van der Waals surface area contributed by atoms with Gasteiger partial charge in [0, 0.05) is 11.0 Å². The standard InChI is InChI=1S/C8H13F3N2S/c1-6(2-3-12)14-5-7(4-13)8(9,10)11/h6-7H,2-3,5,12H2,1H3.